The molecule has 0 unspecified atom stereocenters. The van der Waals surface area contributed by atoms with E-state index in [1.54, 1.807) is 12.3 Å². The minimum absolute atomic E-state index is 0.414. The molecule has 52 valence electrons. The Kier molecular flexibility index (Phi) is 1.15. The van der Waals surface area contributed by atoms with Crippen molar-refractivity contribution in [3.05, 3.63) is 29.0 Å². The molecule has 2 rings (SSSR count). The highest BCUT2D eigenvalue weighted by atomic mass is 35.5. The van der Waals surface area contributed by atoms with Crippen molar-refractivity contribution in [2.24, 2.45) is 0 Å². The molecule has 0 radical (unpaired) electrons. The van der Waals surface area contributed by atoms with Gasteiger partial charge in [0.15, 0.2) is 0 Å². The van der Waals surface area contributed by atoms with Crippen molar-refractivity contribution in [2.75, 3.05) is 0 Å². The summed E-state index contributed by atoms with van der Waals surface area (Å²) in [4.78, 5) is 4.13. The molecule has 1 fully saturated rings. The van der Waals surface area contributed by atoms with Crippen LogP contribution in [0.2, 0.25) is 5.02 Å². The summed E-state index contributed by atoms with van der Waals surface area (Å²) in [6, 6.07) is 2.08. The van der Waals surface area contributed by atoms with Crippen molar-refractivity contribution in [2.45, 2.75) is 18.8 Å². The Bertz CT molecular complexity index is 283. The third-order valence-electron chi connectivity index (χ3n) is 1.65. The van der Waals surface area contributed by atoms with E-state index in [-0.39, 0.29) is 0 Å². The smallest absolute Gasteiger partial charge is 0.0658 e. The lowest BCUT2D eigenvalue weighted by atomic mass is 10.2. The molecule has 0 aromatic carbocycles. The molecule has 1 aromatic rings. The number of hydrogen-bond acceptors (Lipinski definition) is 1. The zero-order valence-electron chi connectivity index (χ0n) is 6.47. The van der Waals surface area contributed by atoms with Gasteiger partial charge in [-0.3, -0.25) is 4.98 Å². The second-order valence-corrected chi connectivity index (χ2v) is 2.98. The van der Waals surface area contributed by atoms with E-state index in [4.69, 9.17) is 13.0 Å². The summed E-state index contributed by atoms with van der Waals surface area (Å²) in [5.74, 6) is 0.515. The van der Waals surface area contributed by atoms with Crippen LogP contribution in [0.5, 0.6) is 0 Å². The minimum Gasteiger partial charge on any atom is -0.261 e. The number of hydrogen-bond donors (Lipinski definition) is 0. The maximum atomic E-state index is 7.57. The van der Waals surface area contributed by atoms with Gasteiger partial charge in [-0.2, -0.15) is 0 Å². The van der Waals surface area contributed by atoms with E-state index in [2.05, 4.69) is 4.98 Å². The van der Waals surface area contributed by atoms with Crippen molar-refractivity contribution in [1.82, 2.24) is 4.98 Å². The van der Waals surface area contributed by atoms with Gasteiger partial charge < -0.3 is 0 Å². The Morgan fingerprint density at radius 1 is 1.70 bits per heavy atom. The molecule has 0 N–H and O–H groups in total. The van der Waals surface area contributed by atoms with Crippen LogP contribution in [0.15, 0.2) is 18.3 Å². The third-order valence-corrected chi connectivity index (χ3v) is 1.87. The van der Waals surface area contributed by atoms with Crippen LogP contribution in [0.4, 0.5) is 0 Å². The van der Waals surface area contributed by atoms with Gasteiger partial charge in [-0.15, -0.1) is 0 Å². The first-order valence-electron chi connectivity index (χ1n) is 3.90. The lowest BCUT2D eigenvalue weighted by molar-refractivity contribution is 1.02. The normalized spacial score (nSPS) is 18.7. The number of nitrogens with zero attached hydrogens (tertiary/aromatic N) is 1. The van der Waals surface area contributed by atoms with Crippen molar-refractivity contribution < 1.29 is 1.37 Å². The van der Waals surface area contributed by atoms with Gasteiger partial charge in [0.1, 0.15) is 0 Å². The van der Waals surface area contributed by atoms with Gasteiger partial charge in [-0.25, -0.2) is 0 Å². The topological polar surface area (TPSA) is 12.9 Å². The van der Waals surface area contributed by atoms with Crippen LogP contribution < -0.4 is 0 Å². The van der Waals surface area contributed by atoms with Crippen molar-refractivity contribution >= 4 is 11.6 Å². The SMILES string of the molecule is [2H]c1c(Cl)ccnc1C1CC1. The maximum absolute atomic E-state index is 7.57. The molecule has 1 saturated carbocycles. The Labute approximate surface area is 66.4 Å². The van der Waals surface area contributed by atoms with Gasteiger partial charge in [-0.05, 0) is 25.0 Å². The van der Waals surface area contributed by atoms with E-state index in [0.717, 1.165) is 5.69 Å². The number of pyridine rings is 1. The molecule has 0 saturated heterocycles. The first kappa shape index (κ1) is 5.14. The molecule has 1 aliphatic rings. The number of halogens is 1. The number of aromatic nitrogens is 1. The second kappa shape index (κ2) is 2.24. The molecule has 1 nitrogen and oxygen atoms in total. The van der Waals surface area contributed by atoms with E-state index in [1.165, 1.54) is 12.8 Å². The second-order valence-electron chi connectivity index (χ2n) is 2.58. The van der Waals surface area contributed by atoms with E-state index in [9.17, 15) is 0 Å². The van der Waals surface area contributed by atoms with Crippen LogP contribution in [-0.2, 0) is 0 Å². The standard InChI is InChI=1S/C8H8ClN/c9-7-3-4-10-8(5-7)6-1-2-6/h3-6H,1-2H2/i5D. The van der Waals surface area contributed by atoms with Crippen molar-refractivity contribution in [3.63, 3.8) is 0 Å². The predicted molar refractivity (Wildman–Crippen MR) is 41.2 cm³/mol. The summed E-state index contributed by atoms with van der Waals surface area (Å²) in [7, 11) is 0. The van der Waals surface area contributed by atoms with Gasteiger partial charge in [0.25, 0.3) is 0 Å². The average Bonchev–Trinajstić information content (AvgIpc) is 2.77. The minimum atomic E-state index is 0.414. The van der Waals surface area contributed by atoms with Crippen LogP contribution in [0.3, 0.4) is 0 Å². The molecule has 1 aliphatic carbocycles. The van der Waals surface area contributed by atoms with E-state index in [1.807, 2.05) is 0 Å². The van der Waals surface area contributed by atoms with Crippen LogP contribution in [-0.4, -0.2) is 4.98 Å². The molecular weight excluding hydrogens is 146 g/mol. The van der Waals surface area contributed by atoms with Crippen LogP contribution in [0.1, 0.15) is 25.8 Å². The summed E-state index contributed by atoms with van der Waals surface area (Å²) in [5, 5.41) is 0.516. The summed E-state index contributed by atoms with van der Waals surface area (Å²) in [6.45, 7) is 0. The monoisotopic (exact) mass is 154 g/mol. The molecule has 1 heterocycles. The Balaban J connectivity index is 2.45. The van der Waals surface area contributed by atoms with E-state index < -0.39 is 0 Å². The summed E-state index contributed by atoms with van der Waals surface area (Å²) < 4.78 is 7.57. The lowest BCUT2D eigenvalue weighted by Gasteiger charge is -1.94. The zero-order valence-corrected chi connectivity index (χ0v) is 6.23. The van der Waals surface area contributed by atoms with Gasteiger partial charge >= 0.3 is 0 Å². The molecule has 0 aliphatic heterocycles. The first-order valence-corrected chi connectivity index (χ1v) is 3.78. The molecule has 1 aromatic heterocycles. The highest BCUT2D eigenvalue weighted by Crippen LogP contribution is 2.39. The quantitative estimate of drug-likeness (QED) is 0.606. The summed E-state index contributed by atoms with van der Waals surface area (Å²) in [5.41, 5.74) is 0.873. The highest BCUT2D eigenvalue weighted by Gasteiger charge is 2.24. The van der Waals surface area contributed by atoms with Crippen molar-refractivity contribution in [3.8, 4) is 0 Å². The van der Waals surface area contributed by atoms with Crippen molar-refractivity contribution in [1.29, 1.82) is 0 Å². The Hall–Kier alpha value is -0.560. The van der Waals surface area contributed by atoms with Gasteiger partial charge in [0, 0.05) is 22.8 Å². The molecule has 2 heteroatoms. The summed E-state index contributed by atoms with van der Waals surface area (Å²) >= 11 is 5.76. The highest BCUT2D eigenvalue weighted by molar-refractivity contribution is 6.30. The Morgan fingerprint density at radius 2 is 2.50 bits per heavy atom. The third kappa shape index (κ3) is 1.14. The molecule has 10 heavy (non-hydrogen) atoms. The largest absolute Gasteiger partial charge is 0.261 e. The zero-order chi connectivity index (χ0) is 7.84. The molecule has 0 bridgehead atoms. The van der Waals surface area contributed by atoms with Gasteiger partial charge in [0.2, 0.25) is 0 Å². The molecular formula is C8H8ClN. The number of rotatable bonds is 1. The maximum Gasteiger partial charge on any atom is 0.0658 e. The Morgan fingerprint density at radius 3 is 3.20 bits per heavy atom. The molecule has 0 atom stereocenters. The molecule has 0 spiro atoms. The fraction of sp³-hybridized carbons (Fsp3) is 0.375. The van der Waals surface area contributed by atoms with Crippen LogP contribution in [0.25, 0.3) is 0 Å². The fourth-order valence-electron chi connectivity index (χ4n) is 0.944. The fourth-order valence-corrected chi connectivity index (χ4v) is 1.10. The first-order chi connectivity index (χ1) is 5.29. The van der Waals surface area contributed by atoms with Crippen LogP contribution in [0, 0.1) is 0 Å². The van der Waals surface area contributed by atoms with Crippen LogP contribution >= 0.6 is 11.6 Å². The molecule has 0 amide bonds. The van der Waals surface area contributed by atoms with E-state index in [0.29, 0.717) is 17.0 Å². The predicted octanol–water partition coefficient (Wildman–Crippen LogP) is 2.61. The van der Waals surface area contributed by atoms with Gasteiger partial charge in [0.05, 0.1) is 1.37 Å². The summed E-state index contributed by atoms with van der Waals surface area (Å²) in [6.07, 6.45) is 4.01. The van der Waals surface area contributed by atoms with E-state index >= 15 is 0 Å². The lowest BCUT2D eigenvalue weighted by Crippen LogP contribution is -1.82. The average molecular weight is 155 g/mol. The van der Waals surface area contributed by atoms with Gasteiger partial charge in [-0.1, -0.05) is 11.6 Å².